The normalized spacial score (nSPS) is 12.4. The van der Waals surface area contributed by atoms with Crippen molar-refractivity contribution in [1.82, 2.24) is 19.9 Å². The summed E-state index contributed by atoms with van der Waals surface area (Å²) in [5, 5.41) is 0. The van der Waals surface area contributed by atoms with E-state index in [2.05, 4.69) is 74.7 Å². The summed E-state index contributed by atoms with van der Waals surface area (Å²) in [7, 11) is 2.84. The number of methoxy groups -OCH3 is 2. The molecule has 0 radical (unpaired) electrons. The molecule has 8 nitrogen and oxygen atoms in total. The Morgan fingerprint density at radius 3 is 1.70 bits per heavy atom. The van der Waals surface area contributed by atoms with E-state index < -0.39 is 0 Å². The number of nitrogens with one attached hydrogen (secondary N) is 3. The Morgan fingerprint density at radius 2 is 1.19 bits per heavy atom. The lowest BCUT2D eigenvalue weighted by molar-refractivity contribution is -0.141. The smallest absolute Gasteiger partial charge is 0.305 e. The van der Waals surface area contributed by atoms with Gasteiger partial charge < -0.3 is 24.4 Å². The number of fused-ring (bicyclic) bond motifs is 9. The van der Waals surface area contributed by atoms with Crippen molar-refractivity contribution in [2.24, 2.45) is 0 Å². The summed E-state index contributed by atoms with van der Waals surface area (Å²) in [6, 6.07) is 6.41. The molecule has 1 aliphatic heterocycles. The molecule has 226 valence electrons. The highest BCUT2D eigenvalue weighted by Crippen LogP contribution is 2.37. The lowest BCUT2D eigenvalue weighted by atomic mass is 10.0. The molecule has 8 bridgehead atoms. The van der Waals surface area contributed by atoms with Gasteiger partial charge in [-0.25, -0.2) is 4.98 Å². The molecule has 0 aromatic carbocycles. The van der Waals surface area contributed by atoms with Gasteiger partial charge in [0.25, 0.3) is 0 Å². The van der Waals surface area contributed by atoms with Crippen LogP contribution < -0.4 is 0 Å². The molecule has 5 rings (SSSR count). The van der Waals surface area contributed by atoms with Crippen LogP contribution in [0.3, 0.4) is 0 Å². The van der Waals surface area contributed by atoms with Gasteiger partial charge in [0.05, 0.1) is 31.1 Å². The number of H-pyrrole nitrogens is 3. The van der Waals surface area contributed by atoms with Crippen molar-refractivity contribution in [3.05, 3.63) is 63.0 Å². The van der Waals surface area contributed by atoms with Crippen molar-refractivity contribution in [3.8, 4) is 0 Å². The van der Waals surface area contributed by atoms with Crippen LogP contribution in [0.1, 0.15) is 84.8 Å². The van der Waals surface area contributed by atoms with Gasteiger partial charge in [0.1, 0.15) is 0 Å². The molecule has 0 saturated carbocycles. The number of allylic oxidation sites excluding steroid dienone is 2. The summed E-state index contributed by atoms with van der Waals surface area (Å²) >= 11 is 0. The Morgan fingerprint density at radius 1 is 0.674 bits per heavy atom. The zero-order valence-corrected chi connectivity index (χ0v) is 26.6. The van der Waals surface area contributed by atoms with Crippen molar-refractivity contribution in [3.63, 3.8) is 0 Å². The van der Waals surface area contributed by atoms with Crippen molar-refractivity contribution >= 4 is 56.2 Å². The van der Waals surface area contributed by atoms with E-state index >= 15 is 0 Å². The molecule has 0 unspecified atom stereocenters. The molecule has 43 heavy (non-hydrogen) atoms. The topological polar surface area (TPSA) is 113 Å². The van der Waals surface area contributed by atoms with Crippen LogP contribution >= 0.6 is 0 Å². The van der Waals surface area contributed by atoms with E-state index in [-0.39, 0.29) is 24.8 Å². The van der Waals surface area contributed by atoms with Gasteiger partial charge in [-0.15, -0.1) is 0 Å². The molecule has 1 aliphatic rings. The molecule has 0 fully saturated rings. The van der Waals surface area contributed by atoms with Gasteiger partial charge >= 0.3 is 11.9 Å². The first kappa shape index (κ1) is 30.1. The third kappa shape index (κ3) is 5.46. The number of aromatic nitrogens is 4. The fraction of sp³-hybridized carbons (Fsp3) is 0.400. The Balaban J connectivity index is 1.94. The standard InChI is InChI=1S/C35H42N4O4/c1-9-22-21(6)34-35-23(10-2)18(3)28(38-35)15-26-19(4)24(11-13-32(40)42-7)30(36-26)17-31-25(12-14-33(41)43-8)20(5)27(37-31)16-29(22)39-34/h15-17,36-37,39H,9-14H2,1-8H3. The fourth-order valence-electron chi connectivity index (χ4n) is 6.48. The monoisotopic (exact) mass is 582 g/mol. The first-order valence-corrected chi connectivity index (χ1v) is 15.1. The first-order valence-electron chi connectivity index (χ1n) is 15.1. The van der Waals surface area contributed by atoms with Crippen molar-refractivity contribution in [1.29, 1.82) is 0 Å². The van der Waals surface area contributed by atoms with E-state index in [1.807, 2.05) is 0 Å². The predicted molar refractivity (Wildman–Crippen MR) is 173 cm³/mol. The molecule has 5 heterocycles. The van der Waals surface area contributed by atoms with Crippen LogP contribution in [-0.4, -0.2) is 46.1 Å². The van der Waals surface area contributed by atoms with Crippen molar-refractivity contribution in [2.75, 3.05) is 14.2 Å². The zero-order chi connectivity index (χ0) is 31.0. The van der Waals surface area contributed by atoms with Gasteiger partial charge in [-0.05, 0) is 116 Å². The minimum atomic E-state index is -0.247. The van der Waals surface area contributed by atoms with Gasteiger partial charge in [-0.1, -0.05) is 13.8 Å². The molecule has 4 aromatic rings. The third-order valence-electron chi connectivity index (χ3n) is 9.09. The van der Waals surface area contributed by atoms with E-state index in [1.54, 1.807) is 0 Å². The van der Waals surface area contributed by atoms with Crippen LogP contribution in [0, 0.1) is 20.8 Å². The SMILES string of the molecule is CCC1=C(C)c2cc3[nH]c(cc4[nH]c(cc5[nH]c(c1n2)c(C)c5CC)c(C)c4CCC(=O)OC)c(CCC(=O)OC)c3C. The molecule has 0 spiro atoms. The number of rotatable bonds is 8. The van der Waals surface area contributed by atoms with Gasteiger partial charge in [-0.3, -0.25) is 9.59 Å². The van der Waals surface area contributed by atoms with E-state index in [0.29, 0.717) is 12.8 Å². The van der Waals surface area contributed by atoms with Gasteiger partial charge in [0.15, 0.2) is 0 Å². The zero-order valence-electron chi connectivity index (χ0n) is 26.6. The maximum atomic E-state index is 12.2. The first-order chi connectivity index (χ1) is 20.6. The quantitative estimate of drug-likeness (QED) is 0.186. The van der Waals surface area contributed by atoms with Crippen LogP contribution in [0.5, 0.6) is 0 Å². The minimum Gasteiger partial charge on any atom is -0.469 e. The number of esters is 2. The maximum Gasteiger partial charge on any atom is 0.305 e. The molecule has 8 heteroatoms. The summed E-state index contributed by atoms with van der Waals surface area (Å²) < 4.78 is 9.92. The van der Waals surface area contributed by atoms with Gasteiger partial charge in [0, 0.05) is 40.4 Å². The van der Waals surface area contributed by atoms with E-state index in [4.69, 9.17) is 14.5 Å². The predicted octanol–water partition coefficient (Wildman–Crippen LogP) is 7.57. The number of aromatic amines is 3. The Kier molecular flexibility index (Phi) is 8.49. The largest absolute Gasteiger partial charge is 0.469 e. The number of hydrogen-bond donors (Lipinski definition) is 3. The number of hydrogen-bond acceptors (Lipinski definition) is 5. The number of carbonyl (C=O) groups excluding carboxylic acids is 2. The number of carbonyl (C=O) groups is 2. The second kappa shape index (κ2) is 12.1. The number of aryl methyl sites for hydroxylation is 6. The third-order valence-corrected chi connectivity index (χ3v) is 9.09. The van der Waals surface area contributed by atoms with Crippen LogP contribution in [0.2, 0.25) is 0 Å². The Bertz CT molecular complexity index is 1900. The molecule has 0 saturated heterocycles. The van der Waals surface area contributed by atoms with Crippen LogP contribution in [-0.2, 0) is 38.3 Å². The summed E-state index contributed by atoms with van der Waals surface area (Å²) in [6.45, 7) is 12.9. The lowest BCUT2D eigenvalue weighted by Gasteiger charge is -2.02. The lowest BCUT2D eigenvalue weighted by Crippen LogP contribution is -2.02. The van der Waals surface area contributed by atoms with Gasteiger partial charge in [0.2, 0.25) is 0 Å². The van der Waals surface area contributed by atoms with E-state index in [9.17, 15) is 9.59 Å². The Hall–Kier alpha value is -4.33. The van der Waals surface area contributed by atoms with Crippen LogP contribution in [0.25, 0.3) is 44.2 Å². The van der Waals surface area contributed by atoms with Crippen LogP contribution in [0.15, 0.2) is 18.2 Å². The Labute approximate surface area is 252 Å². The number of ether oxygens (including phenoxy) is 2. The molecule has 4 aromatic heterocycles. The average Bonchev–Trinajstić information content (AvgIpc) is 3.67. The second-order valence-corrected chi connectivity index (χ2v) is 11.4. The van der Waals surface area contributed by atoms with Crippen molar-refractivity contribution in [2.45, 2.75) is 80.1 Å². The summed E-state index contributed by atoms with van der Waals surface area (Å²) in [5.74, 6) is -0.491. The van der Waals surface area contributed by atoms with Gasteiger partial charge in [-0.2, -0.15) is 0 Å². The molecule has 0 amide bonds. The summed E-state index contributed by atoms with van der Waals surface area (Å²) in [6.07, 6.45) is 3.39. The minimum absolute atomic E-state index is 0.244. The number of nitrogens with zero attached hydrogens (tertiary/aromatic N) is 1. The highest BCUT2D eigenvalue weighted by atomic mass is 16.5. The fourth-order valence-corrected chi connectivity index (χ4v) is 6.48. The molecular weight excluding hydrogens is 540 g/mol. The molecule has 0 aliphatic carbocycles. The molecule has 3 N–H and O–H groups in total. The molecule has 0 atom stereocenters. The molecular formula is C35H42N4O4. The summed E-state index contributed by atoms with van der Waals surface area (Å²) in [4.78, 5) is 40.6. The summed E-state index contributed by atoms with van der Waals surface area (Å²) in [5.41, 5.74) is 17.0. The maximum absolute atomic E-state index is 12.2. The highest BCUT2D eigenvalue weighted by molar-refractivity contribution is 5.98. The van der Waals surface area contributed by atoms with E-state index in [0.717, 1.165) is 79.6 Å². The average molecular weight is 583 g/mol. The van der Waals surface area contributed by atoms with Crippen molar-refractivity contribution < 1.29 is 19.1 Å². The van der Waals surface area contributed by atoms with Crippen LogP contribution in [0.4, 0.5) is 0 Å². The van der Waals surface area contributed by atoms with E-state index in [1.165, 1.54) is 36.5 Å². The highest BCUT2D eigenvalue weighted by Gasteiger charge is 2.21. The second-order valence-electron chi connectivity index (χ2n) is 11.4.